The molecule has 118 valence electrons. The fraction of sp³-hybridized carbons (Fsp3) is 0.647. The van der Waals surface area contributed by atoms with Gasteiger partial charge in [-0.3, -0.25) is 9.59 Å². The summed E-state index contributed by atoms with van der Waals surface area (Å²) in [6.45, 7) is 4.27. The standard InChI is InChI=1S/C17H23N3O2/c21-16-3-1-2-15-14-8-12(10-20(15)16)9-19(11-14)17(22)13-4-6-18-7-5-13/h1-3,12-14,18H,4-11H2/t12-,14?/m0/s1. The molecule has 1 aromatic heterocycles. The van der Waals surface area contributed by atoms with Crippen molar-refractivity contribution in [2.24, 2.45) is 11.8 Å². The Labute approximate surface area is 130 Å². The average Bonchev–Trinajstić information content (AvgIpc) is 2.56. The van der Waals surface area contributed by atoms with Gasteiger partial charge in [0.05, 0.1) is 0 Å². The molecule has 1 unspecified atom stereocenters. The Hall–Kier alpha value is -1.62. The monoisotopic (exact) mass is 301 g/mol. The third-order valence-electron chi connectivity index (χ3n) is 5.48. The lowest BCUT2D eigenvalue weighted by molar-refractivity contribution is -0.139. The number of hydrogen-bond acceptors (Lipinski definition) is 3. The van der Waals surface area contributed by atoms with E-state index in [1.807, 2.05) is 10.6 Å². The summed E-state index contributed by atoms with van der Waals surface area (Å²) in [5, 5.41) is 3.32. The van der Waals surface area contributed by atoms with E-state index in [1.165, 1.54) is 0 Å². The number of nitrogens with one attached hydrogen (secondary N) is 1. The first kappa shape index (κ1) is 14.0. The molecule has 1 aromatic rings. The minimum Gasteiger partial charge on any atom is -0.341 e. The molecule has 4 rings (SSSR count). The molecule has 0 aromatic carbocycles. The van der Waals surface area contributed by atoms with Crippen molar-refractivity contribution in [3.8, 4) is 0 Å². The normalized spacial score (nSPS) is 28.3. The first-order chi connectivity index (χ1) is 10.7. The number of fused-ring (bicyclic) bond motifs is 4. The molecule has 5 heteroatoms. The summed E-state index contributed by atoms with van der Waals surface area (Å²) in [4.78, 5) is 26.9. The highest BCUT2D eigenvalue weighted by molar-refractivity contribution is 5.79. The van der Waals surface area contributed by atoms with Crippen LogP contribution in [0.5, 0.6) is 0 Å². The first-order valence-electron chi connectivity index (χ1n) is 8.41. The number of carbonyl (C=O) groups excluding carboxylic acids is 1. The van der Waals surface area contributed by atoms with Crippen molar-refractivity contribution in [2.75, 3.05) is 26.2 Å². The summed E-state index contributed by atoms with van der Waals surface area (Å²) in [5.74, 6) is 1.28. The number of nitrogens with zero attached hydrogens (tertiary/aromatic N) is 2. The number of rotatable bonds is 1. The zero-order valence-electron chi connectivity index (χ0n) is 12.8. The van der Waals surface area contributed by atoms with Crippen LogP contribution in [0.3, 0.4) is 0 Å². The molecule has 0 saturated carbocycles. The second-order valence-electron chi connectivity index (χ2n) is 6.97. The first-order valence-corrected chi connectivity index (χ1v) is 8.41. The number of pyridine rings is 1. The van der Waals surface area contributed by atoms with Gasteiger partial charge in [-0.1, -0.05) is 6.07 Å². The van der Waals surface area contributed by atoms with E-state index in [0.29, 0.717) is 17.7 Å². The Morgan fingerprint density at radius 2 is 1.95 bits per heavy atom. The fourth-order valence-electron chi connectivity index (χ4n) is 4.40. The lowest BCUT2D eigenvalue weighted by Gasteiger charge is -2.44. The van der Waals surface area contributed by atoms with E-state index >= 15 is 0 Å². The van der Waals surface area contributed by atoms with Gasteiger partial charge in [-0.15, -0.1) is 0 Å². The highest BCUT2D eigenvalue weighted by Crippen LogP contribution is 2.35. The Kier molecular flexibility index (Phi) is 3.53. The van der Waals surface area contributed by atoms with E-state index in [1.54, 1.807) is 6.07 Å². The molecular weight excluding hydrogens is 278 g/mol. The SMILES string of the molecule is O=C(C1CCNCC1)N1CC2C[C@@H](C1)Cn1c2cccc1=O. The summed E-state index contributed by atoms with van der Waals surface area (Å²) in [7, 11) is 0. The van der Waals surface area contributed by atoms with E-state index < -0.39 is 0 Å². The van der Waals surface area contributed by atoms with Crippen LogP contribution in [0.2, 0.25) is 0 Å². The summed E-state index contributed by atoms with van der Waals surface area (Å²) in [6, 6.07) is 5.55. The van der Waals surface area contributed by atoms with Gasteiger partial charge in [-0.05, 0) is 44.3 Å². The Balaban J connectivity index is 1.55. The average molecular weight is 301 g/mol. The maximum absolute atomic E-state index is 12.8. The van der Waals surface area contributed by atoms with Gasteiger partial charge in [-0.2, -0.15) is 0 Å². The molecule has 4 heterocycles. The molecule has 1 N–H and O–H groups in total. The van der Waals surface area contributed by atoms with Crippen LogP contribution >= 0.6 is 0 Å². The lowest BCUT2D eigenvalue weighted by atomic mass is 9.82. The molecule has 0 radical (unpaired) electrons. The number of hydrogen-bond donors (Lipinski definition) is 1. The van der Waals surface area contributed by atoms with Gasteiger partial charge in [0.2, 0.25) is 5.91 Å². The Morgan fingerprint density at radius 1 is 1.14 bits per heavy atom. The van der Waals surface area contributed by atoms with Crippen LogP contribution < -0.4 is 10.9 Å². The van der Waals surface area contributed by atoms with Crippen LogP contribution in [0, 0.1) is 11.8 Å². The van der Waals surface area contributed by atoms with E-state index in [2.05, 4.69) is 16.3 Å². The number of carbonyl (C=O) groups is 1. The van der Waals surface area contributed by atoms with Crippen LogP contribution in [0.25, 0.3) is 0 Å². The van der Waals surface area contributed by atoms with Crippen molar-refractivity contribution in [2.45, 2.75) is 31.7 Å². The van der Waals surface area contributed by atoms with Crippen LogP contribution in [0.1, 0.15) is 30.9 Å². The van der Waals surface area contributed by atoms with Gasteiger partial charge in [0.25, 0.3) is 5.56 Å². The quantitative estimate of drug-likeness (QED) is 0.834. The fourth-order valence-corrected chi connectivity index (χ4v) is 4.40. The highest BCUT2D eigenvalue weighted by atomic mass is 16.2. The predicted octanol–water partition coefficient (Wildman–Crippen LogP) is 0.794. The van der Waals surface area contributed by atoms with Crippen LogP contribution in [-0.2, 0) is 11.3 Å². The van der Waals surface area contributed by atoms with Crippen molar-refractivity contribution in [1.29, 1.82) is 0 Å². The second kappa shape index (κ2) is 5.54. The van der Waals surface area contributed by atoms with Gasteiger partial charge in [-0.25, -0.2) is 0 Å². The molecule has 5 nitrogen and oxygen atoms in total. The molecule has 2 atom stereocenters. The molecule has 2 bridgehead atoms. The molecule has 0 spiro atoms. The Bertz CT molecular complexity index is 633. The largest absolute Gasteiger partial charge is 0.341 e. The molecule has 0 aliphatic carbocycles. The third-order valence-corrected chi connectivity index (χ3v) is 5.48. The molecular formula is C17H23N3O2. The van der Waals surface area contributed by atoms with E-state index in [0.717, 1.165) is 57.7 Å². The van der Waals surface area contributed by atoms with Crippen molar-refractivity contribution in [3.63, 3.8) is 0 Å². The predicted molar refractivity (Wildman–Crippen MR) is 83.7 cm³/mol. The molecule has 3 aliphatic rings. The summed E-state index contributed by atoms with van der Waals surface area (Å²) in [6.07, 6.45) is 3.03. The summed E-state index contributed by atoms with van der Waals surface area (Å²) < 4.78 is 1.92. The topological polar surface area (TPSA) is 54.3 Å². The van der Waals surface area contributed by atoms with Crippen molar-refractivity contribution < 1.29 is 4.79 Å². The molecule has 3 aliphatic heterocycles. The zero-order valence-corrected chi connectivity index (χ0v) is 12.8. The van der Waals surface area contributed by atoms with Crippen molar-refractivity contribution >= 4 is 5.91 Å². The third kappa shape index (κ3) is 2.37. The van der Waals surface area contributed by atoms with E-state index in [9.17, 15) is 9.59 Å². The smallest absolute Gasteiger partial charge is 0.250 e. The number of piperidine rings is 2. The minimum atomic E-state index is 0.102. The Morgan fingerprint density at radius 3 is 2.77 bits per heavy atom. The highest BCUT2D eigenvalue weighted by Gasteiger charge is 2.37. The number of likely N-dealkylation sites (tertiary alicyclic amines) is 1. The van der Waals surface area contributed by atoms with Gasteiger partial charge in [0, 0.05) is 43.2 Å². The summed E-state index contributed by atoms with van der Waals surface area (Å²) in [5.41, 5.74) is 1.22. The molecule has 22 heavy (non-hydrogen) atoms. The molecule has 1 amide bonds. The van der Waals surface area contributed by atoms with Crippen molar-refractivity contribution in [1.82, 2.24) is 14.8 Å². The number of amides is 1. The van der Waals surface area contributed by atoms with Gasteiger partial charge >= 0.3 is 0 Å². The van der Waals surface area contributed by atoms with Gasteiger partial charge in [0.15, 0.2) is 0 Å². The lowest BCUT2D eigenvalue weighted by Crippen LogP contribution is -2.51. The zero-order chi connectivity index (χ0) is 15.1. The number of aromatic nitrogens is 1. The van der Waals surface area contributed by atoms with E-state index in [4.69, 9.17) is 0 Å². The van der Waals surface area contributed by atoms with Gasteiger partial charge in [0.1, 0.15) is 0 Å². The summed E-state index contributed by atoms with van der Waals surface area (Å²) >= 11 is 0. The maximum Gasteiger partial charge on any atom is 0.250 e. The minimum absolute atomic E-state index is 0.102. The maximum atomic E-state index is 12.8. The van der Waals surface area contributed by atoms with Crippen LogP contribution in [0.15, 0.2) is 23.0 Å². The van der Waals surface area contributed by atoms with Gasteiger partial charge < -0.3 is 14.8 Å². The van der Waals surface area contributed by atoms with Crippen molar-refractivity contribution in [3.05, 3.63) is 34.2 Å². The molecule has 2 saturated heterocycles. The second-order valence-corrected chi connectivity index (χ2v) is 6.97. The van der Waals surface area contributed by atoms with Crippen LogP contribution in [-0.4, -0.2) is 41.6 Å². The molecule has 2 fully saturated rings. The van der Waals surface area contributed by atoms with Crippen LogP contribution in [0.4, 0.5) is 0 Å². The van der Waals surface area contributed by atoms with E-state index in [-0.39, 0.29) is 11.5 Å².